The second-order valence-corrected chi connectivity index (χ2v) is 13.8. The Morgan fingerprint density at radius 2 is 2.00 bits per heavy atom. The monoisotopic (exact) mass is 472 g/mol. The number of carbonyl (C=O) groups is 1. The van der Waals surface area contributed by atoms with Crippen LogP contribution in [0.1, 0.15) is 52.9 Å². The van der Waals surface area contributed by atoms with E-state index >= 15 is 0 Å². The molecule has 4 N–H and O–H groups in total. The van der Waals surface area contributed by atoms with Gasteiger partial charge in [0.25, 0.3) is 0 Å². The number of nitrogens with one attached hydrogen (secondary N) is 4. The van der Waals surface area contributed by atoms with Crippen LogP contribution in [-0.4, -0.2) is 89.7 Å². The van der Waals surface area contributed by atoms with Crippen molar-refractivity contribution >= 4 is 27.8 Å². The average molecular weight is 473 g/mol. The standard InChI is InChI=1S/C20H36N6O3S2/c1-12-17(30-13(2)23-12)10-25-15-5-4-14(31(28,29)24-20(3)6-7-20)8-16(15)26(19(25)27)18-9-21-11-22-18/h12-18,21-24H,4-11H2,1-3H3. The second kappa shape index (κ2) is 8.02. The van der Waals surface area contributed by atoms with E-state index in [1.165, 1.54) is 0 Å². The van der Waals surface area contributed by atoms with Gasteiger partial charge in [0.2, 0.25) is 10.0 Å². The first-order valence-corrected chi connectivity index (χ1v) is 14.1. The lowest BCUT2D eigenvalue weighted by Crippen LogP contribution is -2.54. The third-order valence-corrected chi connectivity index (χ3v) is 11.3. The van der Waals surface area contributed by atoms with E-state index in [0.29, 0.717) is 49.3 Å². The molecular weight excluding hydrogens is 436 g/mol. The highest BCUT2D eigenvalue weighted by atomic mass is 32.2. The highest BCUT2D eigenvalue weighted by Crippen LogP contribution is 2.41. The van der Waals surface area contributed by atoms with Gasteiger partial charge in [-0.1, -0.05) is 0 Å². The van der Waals surface area contributed by atoms with Gasteiger partial charge in [-0.15, -0.1) is 11.8 Å². The molecule has 0 bridgehead atoms. The zero-order valence-electron chi connectivity index (χ0n) is 18.6. The number of nitrogens with zero attached hydrogens (tertiary/aromatic N) is 2. The molecule has 176 valence electrons. The summed E-state index contributed by atoms with van der Waals surface area (Å²) in [5.41, 5.74) is -0.261. The summed E-state index contributed by atoms with van der Waals surface area (Å²) in [6.45, 7) is 8.42. The van der Waals surface area contributed by atoms with Crippen molar-refractivity contribution in [2.45, 2.75) is 98.6 Å². The predicted octanol–water partition coefficient (Wildman–Crippen LogP) is 0.402. The molecule has 5 aliphatic rings. The number of rotatable bonds is 6. The number of sulfonamides is 1. The van der Waals surface area contributed by atoms with Crippen LogP contribution >= 0.6 is 11.8 Å². The maximum absolute atomic E-state index is 13.6. The van der Waals surface area contributed by atoms with Gasteiger partial charge in [0, 0.05) is 36.6 Å². The van der Waals surface area contributed by atoms with Gasteiger partial charge in [0.15, 0.2) is 0 Å². The molecule has 0 aromatic heterocycles. The van der Waals surface area contributed by atoms with Gasteiger partial charge >= 0.3 is 6.03 Å². The van der Waals surface area contributed by atoms with Crippen LogP contribution in [0.4, 0.5) is 4.79 Å². The maximum Gasteiger partial charge on any atom is 0.321 e. The number of fused-ring (bicyclic) bond motifs is 1. The van der Waals surface area contributed by atoms with Crippen molar-refractivity contribution in [1.29, 1.82) is 0 Å². The fourth-order valence-corrected chi connectivity index (χ4v) is 9.06. The normalized spacial score (nSPS) is 42.3. The molecule has 3 saturated heterocycles. The lowest BCUT2D eigenvalue weighted by molar-refractivity contribution is 0.153. The molecule has 31 heavy (non-hydrogen) atoms. The van der Waals surface area contributed by atoms with E-state index in [1.54, 1.807) is 0 Å². The summed E-state index contributed by atoms with van der Waals surface area (Å²) in [6, 6.07) is 0.427. The van der Waals surface area contributed by atoms with E-state index in [4.69, 9.17) is 0 Å². The Morgan fingerprint density at radius 1 is 1.23 bits per heavy atom. The van der Waals surface area contributed by atoms with Gasteiger partial charge in [-0.05, 0) is 52.9 Å². The van der Waals surface area contributed by atoms with Crippen molar-refractivity contribution in [2.75, 3.05) is 19.8 Å². The smallest absolute Gasteiger partial charge is 0.318 e. The molecule has 11 heteroatoms. The maximum atomic E-state index is 13.6. The van der Waals surface area contributed by atoms with E-state index in [2.05, 4.69) is 39.4 Å². The van der Waals surface area contributed by atoms with Crippen LogP contribution in [0.3, 0.4) is 0 Å². The molecule has 0 aromatic carbocycles. The SMILES string of the molecule is CC1NC(C)C(CN2C(=O)N(C3CNCN3)C3CC(S(=O)(=O)NC4(C)CC4)CCC32)S1. The van der Waals surface area contributed by atoms with Gasteiger partial charge in [-0.25, -0.2) is 17.9 Å². The highest BCUT2D eigenvalue weighted by molar-refractivity contribution is 8.00. The second-order valence-electron chi connectivity index (χ2n) is 10.2. The van der Waals surface area contributed by atoms with Gasteiger partial charge in [0.1, 0.15) is 0 Å². The minimum atomic E-state index is -3.39. The van der Waals surface area contributed by atoms with Gasteiger partial charge in [0.05, 0.1) is 28.9 Å². The summed E-state index contributed by atoms with van der Waals surface area (Å²) < 4.78 is 29.2. The molecule has 5 rings (SSSR count). The highest BCUT2D eigenvalue weighted by Gasteiger charge is 2.54. The number of hydrogen-bond acceptors (Lipinski definition) is 7. The molecule has 2 saturated carbocycles. The Kier molecular flexibility index (Phi) is 5.75. The van der Waals surface area contributed by atoms with E-state index < -0.39 is 15.3 Å². The topological polar surface area (TPSA) is 106 Å². The Bertz CT molecular complexity index is 816. The van der Waals surface area contributed by atoms with Crippen LogP contribution < -0.4 is 20.7 Å². The van der Waals surface area contributed by atoms with Gasteiger partial charge < -0.3 is 20.4 Å². The third-order valence-electron chi connectivity index (χ3n) is 7.73. The first kappa shape index (κ1) is 22.2. The molecule has 5 fully saturated rings. The molecule has 2 amide bonds. The van der Waals surface area contributed by atoms with Crippen LogP contribution in [0.15, 0.2) is 0 Å². The Balaban J connectivity index is 1.36. The molecule has 3 aliphatic heterocycles. The summed E-state index contributed by atoms with van der Waals surface area (Å²) in [5, 5.41) is 10.5. The Morgan fingerprint density at radius 3 is 2.61 bits per heavy atom. The fourth-order valence-electron chi connectivity index (χ4n) is 5.72. The van der Waals surface area contributed by atoms with E-state index in [-0.39, 0.29) is 29.8 Å². The van der Waals surface area contributed by atoms with E-state index in [1.807, 2.05) is 23.6 Å². The molecule has 0 aromatic rings. The fraction of sp³-hybridized carbons (Fsp3) is 0.950. The summed E-state index contributed by atoms with van der Waals surface area (Å²) in [4.78, 5) is 17.6. The zero-order valence-corrected chi connectivity index (χ0v) is 20.3. The van der Waals surface area contributed by atoms with Crippen molar-refractivity contribution in [3.63, 3.8) is 0 Å². The van der Waals surface area contributed by atoms with Crippen molar-refractivity contribution in [3.05, 3.63) is 0 Å². The Labute approximate surface area is 189 Å². The minimum Gasteiger partial charge on any atom is -0.318 e. The lowest BCUT2D eigenvalue weighted by atomic mass is 9.89. The summed E-state index contributed by atoms with van der Waals surface area (Å²) >= 11 is 1.90. The number of thioether (sulfide) groups is 1. The number of carbonyl (C=O) groups excluding carboxylic acids is 1. The lowest BCUT2D eigenvalue weighted by Gasteiger charge is -2.38. The minimum absolute atomic E-state index is 0.0590. The van der Waals surface area contributed by atoms with Crippen LogP contribution in [0.25, 0.3) is 0 Å². The summed E-state index contributed by atoms with van der Waals surface area (Å²) in [7, 11) is -3.39. The van der Waals surface area contributed by atoms with E-state index in [9.17, 15) is 13.2 Å². The third kappa shape index (κ3) is 4.21. The Hall–Kier alpha value is -0.590. The largest absolute Gasteiger partial charge is 0.321 e. The number of urea groups is 1. The summed E-state index contributed by atoms with van der Waals surface area (Å²) in [6.07, 6.45) is 3.60. The first-order valence-electron chi connectivity index (χ1n) is 11.6. The first-order chi connectivity index (χ1) is 14.7. The van der Waals surface area contributed by atoms with E-state index in [0.717, 1.165) is 19.3 Å². The van der Waals surface area contributed by atoms with Gasteiger partial charge in [-0.3, -0.25) is 5.32 Å². The molecule has 2 aliphatic carbocycles. The molecule has 0 spiro atoms. The van der Waals surface area contributed by atoms with Crippen molar-refractivity contribution in [1.82, 2.24) is 30.5 Å². The molecular formula is C20H36N6O3S2. The molecule has 7 atom stereocenters. The number of hydrogen-bond donors (Lipinski definition) is 4. The van der Waals surface area contributed by atoms with Crippen LogP contribution in [-0.2, 0) is 10.0 Å². The molecule has 3 heterocycles. The van der Waals surface area contributed by atoms with Crippen molar-refractivity contribution in [3.8, 4) is 0 Å². The average Bonchev–Trinajstić information content (AvgIpc) is 3.05. The summed E-state index contributed by atoms with van der Waals surface area (Å²) in [5.74, 6) is 0. The quantitative estimate of drug-likeness (QED) is 0.443. The molecule has 0 radical (unpaired) electrons. The predicted molar refractivity (Wildman–Crippen MR) is 122 cm³/mol. The van der Waals surface area contributed by atoms with Crippen molar-refractivity contribution in [2.24, 2.45) is 0 Å². The zero-order chi connectivity index (χ0) is 22.0. The van der Waals surface area contributed by atoms with Crippen molar-refractivity contribution < 1.29 is 13.2 Å². The van der Waals surface area contributed by atoms with Crippen LogP contribution in [0.5, 0.6) is 0 Å². The van der Waals surface area contributed by atoms with Gasteiger partial charge in [-0.2, -0.15) is 0 Å². The molecule has 7 unspecified atom stereocenters. The van der Waals surface area contributed by atoms with Crippen LogP contribution in [0.2, 0.25) is 0 Å². The molecule has 9 nitrogen and oxygen atoms in total. The number of amides is 2. The van der Waals surface area contributed by atoms with Crippen LogP contribution in [0, 0.1) is 0 Å².